The van der Waals surface area contributed by atoms with Crippen LogP contribution in [0.4, 0.5) is 0 Å². The predicted molar refractivity (Wildman–Crippen MR) is 97.3 cm³/mol. The van der Waals surface area contributed by atoms with E-state index in [-0.39, 0.29) is 18.0 Å². The number of hydrogen-bond donors (Lipinski definition) is 1. The van der Waals surface area contributed by atoms with Gasteiger partial charge in [-0.15, -0.1) is 0 Å². The van der Waals surface area contributed by atoms with E-state index in [0.29, 0.717) is 19.2 Å². The zero-order valence-electron chi connectivity index (χ0n) is 14.9. The van der Waals surface area contributed by atoms with E-state index in [0.717, 1.165) is 16.5 Å². The van der Waals surface area contributed by atoms with E-state index < -0.39 is 0 Å². The third-order valence-corrected chi connectivity index (χ3v) is 3.68. The van der Waals surface area contributed by atoms with Crippen LogP contribution >= 0.6 is 0 Å². The number of ether oxygens (including phenoxy) is 2. The van der Waals surface area contributed by atoms with Crippen LogP contribution in [0, 0.1) is 5.92 Å². The molecular weight excluding hydrogens is 302 g/mol. The normalized spacial score (nSPS) is 12.6. The molecule has 2 aromatic rings. The maximum absolute atomic E-state index is 11.9. The second-order valence-electron chi connectivity index (χ2n) is 6.56. The molecule has 0 saturated carbocycles. The number of nitrogens with one attached hydrogen (secondary N) is 1. The van der Waals surface area contributed by atoms with Crippen molar-refractivity contribution in [3.05, 3.63) is 42.5 Å². The fourth-order valence-corrected chi connectivity index (χ4v) is 2.31. The minimum Gasteiger partial charge on any atom is -0.489 e. The largest absolute Gasteiger partial charge is 0.489 e. The summed E-state index contributed by atoms with van der Waals surface area (Å²) in [5, 5.41) is 5.50. The highest BCUT2D eigenvalue weighted by Crippen LogP contribution is 2.25. The fourth-order valence-electron chi connectivity index (χ4n) is 2.31. The molecule has 4 heteroatoms. The summed E-state index contributed by atoms with van der Waals surface area (Å²) in [4.78, 5) is 11.9. The van der Waals surface area contributed by atoms with Crippen molar-refractivity contribution in [1.29, 1.82) is 0 Å². The molecule has 2 aromatic carbocycles. The summed E-state index contributed by atoms with van der Waals surface area (Å²) in [6.07, 6.45) is -0.318. The molecular formula is C20H27NO3. The van der Waals surface area contributed by atoms with Crippen LogP contribution in [0.2, 0.25) is 0 Å². The maximum atomic E-state index is 11.9. The molecule has 0 heterocycles. The lowest BCUT2D eigenvalue weighted by Gasteiger charge is -2.21. The summed E-state index contributed by atoms with van der Waals surface area (Å²) in [5.41, 5.74) is 0. The molecule has 1 unspecified atom stereocenters. The highest BCUT2D eigenvalue weighted by Gasteiger charge is 2.18. The molecule has 0 amide bonds. The zero-order valence-corrected chi connectivity index (χ0v) is 14.9. The summed E-state index contributed by atoms with van der Waals surface area (Å²) in [5.74, 6) is 0.458. The van der Waals surface area contributed by atoms with Gasteiger partial charge in [0, 0.05) is 18.0 Å². The van der Waals surface area contributed by atoms with Crippen LogP contribution in [0.15, 0.2) is 42.5 Å². The number of esters is 1. The Morgan fingerprint density at radius 3 is 2.46 bits per heavy atom. The second kappa shape index (κ2) is 8.69. The highest BCUT2D eigenvalue weighted by atomic mass is 16.6. The number of fused-ring (bicyclic) bond motifs is 1. The van der Waals surface area contributed by atoms with Gasteiger partial charge in [-0.2, -0.15) is 0 Å². The van der Waals surface area contributed by atoms with E-state index >= 15 is 0 Å². The zero-order chi connectivity index (χ0) is 17.5. The highest BCUT2D eigenvalue weighted by molar-refractivity contribution is 5.88. The molecule has 2 rings (SSSR count). The number of benzene rings is 2. The first-order valence-corrected chi connectivity index (χ1v) is 8.51. The number of carbonyl (C=O) groups is 1. The van der Waals surface area contributed by atoms with Crippen molar-refractivity contribution in [2.75, 3.05) is 13.2 Å². The maximum Gasteiger partial charge on any atom is 0.308 e. The quantitative estimate of drug-likeness (QED) is 0.749. The summed E-state index contributed by atoms with van der Waals surface area (Å²) < 4.78 is 11.5. The summed E-state index contributed by atoms with van der Waals surface area (Å²) in [7, 11) is 0. The van der Waals surface area contributed by atoms with Crippen LogP contribution in [-0.2, 0) is 9.53 Å². The van der Waals surface area contributed by atoms with Gasteiger partial charge in [0.05, 0.1) is 5.92 Å². The van der Waals surface area contributed by atoms with Crippen molar-refractivity contribution in [3.63, 3.8) is 0 Å². The monoisotopic (exact) mass is 329 g/mol. The van der Waals surface area contributed by atoms with Crippen LogP contribution in [0.25, 0.3) is 10.8 Å². The molecule has 1 atom stereocenters. The summed E-state index contributed by atoms with van der Waals surface area (Å²) >= 11 is 0. The van der Waals surface area contributed by atoms with Crippen molar-refractivity contribution in [2.24, 2.45) is 5.92 Å². The lowest BCUT2D eigenvalue weighted by atomic mass is 10.1. The van der Waals surface area contributed by atoms with Crippen LogP contribution in [0.3, 0.4) is 0 Å². The first-order valence-electron chi connectivity index (χ1n) is 8.51. The number of rotatable bonds is 8. The molecule has 1 N–H and O–H groups in total. The first kappa shape index (κ1) is 18.3. The number of carbonyl (C=O) groups excluding carboxylic acids is 1. The van der Waals surface area contributed by atoms with Gasteiger partial charge in [0.15, 0.2) is 0 Å². The van der Waals surface area contributed by atoms with Gasteiger partial charge in [0.2, 0.25) is 0 Å². The van der Waals surface area contributed by atoms with Gasteiger partial charge in [0.1, 0.15) is 18.5 Å². The van der Waals surface area contributed by atoms with E-state index in [1.165, 1.54) is 0 Å². The average Bonchev–Trinajstić information content (AvgIpc) is 2.56. The molecule has 0 saturated heterocycles. The van der Waals surface area contributed by atoms with Crippen LogP contribution in [0.1, 0.15) is 27.7 Å². The molecule has 4 nitrogen and oxygen atoms in total. The lowest BCUT2D eigenvalue weighted by Crippen LogP contribution is -2.39. The lowest BCUT2D eigenvalue weighted by molar-refractivity contribution is -0.154. The molecule has 0 radical (unpaired) electrons. The summed E-state index contributed by atoms with van der Waals surface area (Å²) in [6, 6.07) is 14.4. The van der Waals surface area contributed by atoms with Crippen molar-refractivity contribution in [3.8, 4) is 5.75 Å². The molecule has 0 aliphatic carbocycles. The first-order chi connectivity index (χ1) is 11.5. The minimum absolute atomic E-state index is 0.149. The third-order valence-electron chi connectivity index (χ3n) is 3.68. The molecule has 130 valence electrons. The van der Waals surface area contributed by atoms with E-state index in [4.69, 9.17) is 9.47 Å². The van der Waals surface area contributed by atoms with Crippen LogP contribution < -0.4 is 10.1 Å². The number of hydrogen-bond acceptors (Lipinski definition) is 4. The Morgan fingerprint density at radius 2 is 1.75 bits per heavy atom. The van der Waals surface area contributed by atoms with Crippen molar-refractivity contribution >= 4 is 16.7 Å². The SMILES string of the molecule is CC(C)NCC(COc1cccc2ccccc12)OC(=O)C(C)C. The van der Waals surface area contributed by atoms with Gasteiger partial charge in [-0.25, -0.2) is 0 Å². The van der Waals surface area contributed by atoms with E-state index in [1.807, 2.05) is 44.2 Å². The molecule has 0 aliphatic rings. The fraction of sp³-hybridized carbons (Fsp3) is 0.450. The Morgan fingerprint density at radius 1 is 1.04 bits per heavy atom. The molecule has 0 aromatic heterocycles. The second-order valence-corrected chi connectivity index (χ2v) is 6.56. The van der Waals surface area contributed by atoms with E-state index in [9.17, 15) is 4.79 Å². The van der Waals surface area contributed by atoms with Gasteiger partial charge in [-0.1, -0.05) is 64.1 Å². The van der Waals surface area contributed by atoms with Crippen molar-refractivity contribution in [1.82, 2.24) is 5.32 Å². The van der Waals surface area contributed by atoms with Gasteiger partial charge >= 0.3 is 5.97 Å². The molecule has 24 heavy (non-hydrogen) atoms. The Bertz CT molecular complexity index is 661. The Labute approximate surface area is 144 Å². The molecule has 0 aliphatic heterocycles. The molecule has 0 spiro atoms. The van der Waals surface area contributed by atoms with Crippen molar-refractivity contribution < 1.29 is 14.3 Å². The van der Waals surface area contributed by atoms with Gasteiger partial charge in [0.25, 0.3) is 0 Å². The standard InChI is InChI=1S/C20H27NO3/c1-14(2)20(22)24-17(12-21-15(3)4)13-23-19-11-7-9-16-8-5-6-10-18(16)19/h5-11,14-15,17,21H,12-13H2,1-4H3. The van der Waals surface area contributed by atoms with Crippen LogP contribution in [0.5, 0.6) is 5.75 Å². The van der Waals surface area contributed by atoms with Crippen LogP contribution in [-0.4, -0.2) is 31.3 Å². The van der Waals surface area contributed by atoms with E-state index in [1.54, 1.807) is 0 Å². The van der Waals surface area contributed by atoms with Gasteiger partial charge < -0.3 is 14.8 Å². The van der Waals surface area contributed by atoms with Crippen molar-refractivity contribution in [2.45, 2.75) is 39.8 Å². The predicted octanol–water partition coefficient (Wildman–Crippen LogP) is 3.78. The average molecular weight is 329 g/mol. The Hall–Kier alpha value is -2.07. The molecule has 0 fully saturated rings. The van der Waals surface area contributed by atoms with E-state index in [2.05, 4.69) is 31.3 Å². The smallest absolute Gasteiger partial charge is 0.308 e. The Kier molecular flexibility index (Phi) is 6.62. The topological polar surface area (TPSA) is 47.6 Å². The van der Waals surface area contributed by atoms with Gasteiger partial charge in [-0.3, -0.25) is 4.79 Å². The summed E-state index contributed by atoms with van der Waals surface area (Å²) in [6.45, 7) is 8.69. The third kappa shape index (κ3) is 5.24. The molecule has 0 bridgehead atoms. The van der Waals surface area contributed by atoms with Gasteiger partial charge in [-0.05, 0) is 11.5 Å². The minimum atomic E-state index is -0.318. The Balaban J connectivity index is 2.06.